The van der Waals surface area contributed by atoms with Crippen molar-refractivity contribution in [3.05, 3.63) is 53.7 Å². The SMILES string of the molecule is CC1=C(n2cc[n+](C)c2)c2ccccc2[Si]1(C)C. The Bertz CT molecular complexity index is 650. The van der Waals surface area contributed by atoms with E-state index in [0.29, 0.717) is 0 Å². The number of aromatic nitrogens is 2. The van der Waals surface area contributed by atoms with Gasteiger partial charge in [-0.15, -0.1) is 0 Å². The fourth-order valence-electron chi connectivity index (χ4n) is 2.85. The Morgan fingerprint density at radius 3 is 2.56 bits per heavy atom. The number of allylic oxidation sites excluding steroid dienone is 1. The minimum atomic E-state index is -1.45. The highest BCUT2D eigenvalue weighted by Gasteiger charge is 2.39. The van der Waals surface area contributed by atoms with Gasteiger partial charge in [0, 0.05) is 5.56 Å². The van der Waals surface area contributed by atoms with E-state index >= 15 is 0 Å². The Hall–Kier alpha value is -1.61. The Balaban J connectivity index is 2.29. The van der Waals surface area contributed by atoms with Crippen LogP contribution in [0.25, 0.3) is 5.70 Å². The maximum atomic E-state index is 2.44. The maximum Gasteiger partial charge on any atom is 0.248 e. The summed E-state index contributed by atoms with van der Waals surface area (Å²) in [6.07, 6.45) is 6.38. The minimum Gasteiger partial charge on any atom is -0.239 e. The van der Waals surface area contributed by atoms with Crippen molar-refractivity contribution in [3.63, 3.8) is 0 Å². The van der Waals surface area contributed by atoms with Crippen molar-refractivity contribution in [1.29, 1.82) is 0 Å². The third-order valence-electron chi connectivity index (χ3n) is 4.18. The second-order valence-corrected chi connectivity index (χ2v) is 10.2. The first-order valence-corrected chi connectivity index (χ1v) is 9.36. The topological polar surface area (TPSA) is 8.81 Å². The van der Waals surface area contributed by atoms with Crippen molar-refractivity contribution in [2.45, 2.75) is 20.0 Å². The lowest BCUT2D eigenvalue weighted by Crippen LogP contribution is -2.40. The number of fused-ring (bicyclic) bond motifs is 1. The lowest BCUT2D eigenvalue weighted by atomic mass is 10.1. The molecule has 0 fully saturated rings. The van der Waals surface area contributed by atoms with Crippen LogP contribution < -0.4 is 9.75 Å². The molecule has 1 aromatic heterocycles. The summed E-state index contributed by atoms with van der Waals surface area (Å²) >= 11 is 0. The second-order valence-electron chi connectivity index (χ2n) is 5.63. The molecule has 0 spiro atoms. The van der Waals surface area contributed by atoms with Gasteiger partial charge in [0.25, 0.3) is 0 Å². The summed E-state index contributed by atoms with van der Waals surface area (Å²) in [5.41, 5.74) is 2.81. The molecule has 0 bridgehead atoms. The van der Waals surface area contributed by atoms with Crippen LogP contribution in [0.2, 0.25) is 13.1 Å². The fraction of sp³-hybridized carbons (Fsp3) is 0.267. The van der Waals surface area contributed by atoms with E-state index in [4.69, 9.17) is 0 Å². The van der Waals surface area contributed by atoms with Crippen LogP contribution in [0.3, 0.4) is 0 Å². The summed E-state index contributed by atoms with van der Waals surface area (Å²) in [6, 6.07) is 8.88. The van der Waals surface area contributed by atoms with Gasteiger partial charge in [-0.25, -0.2) is 9.13 Å². The van der Waals surface area contributed by atoms with E-state index in [9.17, 15) is 0 Å². The predicted octanol–water partition coefficient (Wildman–Crippen LogP) is 2.06. The van der Waals surface area contributed by atoms with Crippen molar-refractivity contribution in [1.82, 2.24) is 4.57 Å². The van der Waals surface area contributed by atoms with E-state index in [0.717, 1.165) is 0 Å². The highest BCUT2D eigenvalue weighted by molar-refractivity contribution is 6.98. The van der Waals surface area contributed by atoms with Crippen LogP contribution in [0.1, 0.15) is 12.5 Å². The van der Waals surface area contributed by atoms with Gasteiger partial charge in [-0.3, -0.25) is 0 Å². The maximum absolute atomic E-state index is 2.44. The molecule has 1 aromatic carbocycles. The summed E-state index contributed by atoms with van der Waals surface area (Å²) in [6.45, 7) is 7.19. The van der Waals surface area contributed by atoms with Crippen molar-refractivity contribution in [2.24, 2.45) is 7.05 Å². The molecule has 1 aliphatic rings. The van der Waals surface area contributed by atoms with Gasteiger partial charge in [0.05, 0.1) is 7.05 Å². The summed E-state index contributed by atoms with van der Waals surface area (Å²) in [5, 5.41) is 3.13. The minimum absolute atomic E-state index is 1.39. The van der Waals surface area contributed by atoms with E-state index in [1.165, 1.54) is 11.3 Å². The van der Waals surface area contributed by atoms with Gasteiger partial charge in [0.2, 0.25) is 6.33 Å². The molecule has 2 aromatic rings. The molecule has 0 saturated heterocycles. The zero-order chi connectivity index (χ0) is 12.9. The predicted molar refractivity (Wildman–Crippen MR) is 77.2 cm³/mol. The second kappa shape index (κ2) is 3.69. The Morgan fingerprint density at radius 1 is 1.17 bits per heavy atom. The standard InChI is InChI=1S/C15H19N2Si/c1-12-15(17-10-9-16(2)11-17)13-7-5-6-8-14(13)18(12,3)4/h5-11H,1-4H3/q+1. The first kappa shape index (κ1) is 11.5. The van der Waals surface area contributed by atoms with Gasteiger partial charge >= 0.3 is 0 Å². The molecule has 18 heavy (non-hydrogen) atoms. The molecule has 0 unspecified atom stereocenters. The zero-order valence-corrected chi connectivity index (χ0v) is 12.4. The van der Waals surface area contributed by atoms with Gasteiger partial charge in [-0.05, 0) is 17.3 Å². The summed E-state index contributed by atoms with van der Waals surface area (Å²) in [4.78, 5) is 0. The molecular weight excluding hydrogens is 236 g/mol. The number of hydrogen-bond donors (Lipinski definition) is 0. The Morgan fingerprint density at radius 2 is 1.89 bits per heavy atom. The van der Waals surface area contributed by atoms with Crippen LogP contribution in [0, 0.1) is 0 Å². The molecule has 92 valence electrons. The highest BCUT2D eigenvalue weighted by Crippen LogP contribution is 2.33. The first-order chi connectivity index (χ1) is 8.51. The van der Waals surface area contributed by atoms with Crippen LogP contribution in [-0.4, -0.2) is 12.6 Å². The molecule has 1 aliphatic heterocycles. The molecule has 0 radical (unpaired) electrons. The van der Waals surface area contributed by atoms with Crippen LogP contribution in [0.15, 0.2) is 48.2 Å². The van der Waals surface area contributed by atoms with Crippen molar-refractivity contribution in [2.75, 3.05) is 0 Å². The van der Waals surface area contributed by atoms with E-state index in [-0.39, 0.29) is 0 Å². The molecule has 3 heteroatoms. The average molecular weight is 255 g/mol. The van der Waals surface area contributed by atoms with E-state index < -0.39 is 8.07 Å². The van der Waals surface area contributed by atoms with Gasteiger partial charge in [-0.2, -0.15) is 0 Å². The quantitative estimate of drug-likeness (QED) is 0.545. The van der Waals surface area contributed by atoms with Crippen LogP contribution >= 0.6 is 0 Å². The monoisotopic (exact) mass is 255 g/mol. The third-order valence-corrected chi connectivity index (χ3v) is 8.07. The first-order valence-electron chi connectivity index (χ1n) is 6.36. The molecule has 0 amide bonds. The van der Waals surface area contributed by atoms with Crippen molar-refractivity contribution < 1.29 is 4.57 Å². The van der Waals surface area contributed by atoms with Crippen LogP contribution in [0.4, 0.5) is 0 Å². The van der Waals surface area contributed by atoms with Crippen molar-refractivity contribution >= 4 is 19.0 Å². The largest absolute Gasteiger partial charge is 0.248 e. The van der Waals surface area contributed by atoms with Crippen molar-refractivity contribution in [3.8, 4) is 0 Å². The van der Waals surface area contributed by atoms with Gasteiger partial charge in [0.1, 0.15) is 26.2 Å². The molecule has 0 aliphatic carbocycles. The number of aryl methyl sites for hydroxylation is 1. The number of imidazole rings is 1. The summed E-state index contributed by atoms with van der Waals surface area (Å²) in [7, 11) is 0.614. The lowest BCUT2D eigenvalue weighted by molar-refractivity contribution is -0.670. The highest BCUT2D eigenvalue weighted by atomic mass is 28.3. The summed E-state index contributed by atoms with van der Waals surface area (Å²) in [5.74, 6) is 0. The van der Waals surface area contributed by atoms with E-state index in [2.05, 4.69) is 79.2 Å². The van der Waals surface area contributed by atoms with E-state index in [1.54, 1.807) is 10.4 Å². The molecule has 0 atom stereocenters. The molecule has 2 heterocycles. The average Bonchev–Trinajstić information content (AvgIpc) is 2.83. The number of nitrogens with zero attached hydrogens (tertiary/aromatic N) is 2. The Labute approximate surface area is 109 Å². The molecule has 0 saturated carbocycles. The molecule has 0 N–H and O–H groups in total. The summed E-state index contributed by atoms with van der Waals surface area (Å²) < 4.78 is 4.35. The van der Waals surface area contributed by atoms with Gasteiger partial charge in [-0.1, -0.05) is 37.4 Å². The lowest BCUT2D eigenvalue weighted by Gasteiger charge is -2.18. The third kappa shape index (κ3) is 1.44. The van der Waals surface area contributed by atoms with Crippen LogP contribution in [0.5, 0.6) is 0 Å². The fourth-order valence-corrected chi connectivity index (χ4v) is 5.50. The number of hydrogen-bond acceptors (Lipinski definition) is 0. The van der Waals surface area contributed by atoms with Gasteiger partial charge < -0.3 is 0 Å². The van der Waals surface area contributed by atoms with Gasteiger partial charge in [0.15, 0.2) is 0 Å². The smallest absolute Gasteiger partial charge is 0.239 e. The van der Waals surface area contributed by atoms with Crippen LogP contribution in [-0.2, 0) is 7.05 Å². The molecule has 3 rings (SSSR count). The normalized spacial score (nSPS) is 17.1. The number of benzene rings is 1. The van der Waals surface area contributed by atoms with E-state index in [1.807, 2.05) is 0 Å². The molecule has 2 nitrogen and oxygen atoms in total. The molecular formula is C15H19N2Si+. The zero-order valence-electron chi connectivity index (χ0n) is 11.4. The number of rotatable bonds is 1. The Kier molecular flexibility index (Phi) is 2.35.